The third-order valence-electron chi connectivity index (χ3n) is 3.37. The molecule has 0 aliphatic carbocycles. The van der Waals surface area contributed by atoms with E-state index in [0.29, 0.717) is 15.3 Å². The Kier molecular flexibility index (Phi) is 5.50. The summed E-state index contributed by atoms with van der Waals surface area (Å²) in [5.74, 6) is -1.07. The van der Waals surface area contributed by atoms with Crippen molar-refractivity contribution >= 4 is 23.2 Å². The average Bonchev–Trinajstić information content (AvgIpc) is 3.01. The molecule has 1 aromatic carbocycles. The van der Waals surface area contributed by atoms with Crippen molar-refractivity contribution < 1.29 is 18.7 Å². The summed E-state index contributed by atoms with van der Waals surface area (Å²) in [5, 5.41) is 0. The molecule has 2 aromatic rings. The molecule has 0 fully saturated rings. The number of thiophene rings is 1. The number of benzene rings is 1. The summed E-state index contributed by atoms with van der Waals surface area (Å²) in [5.41, 5.74) is 0.459. The van der Waals surface area contributed by atoms with Crippen LogP contribution in [0.5, 0.6) is 0 Å². The highest BCUT2D eigenvalue weighted by molar-refractivity contribution is 7.17. The quantitative estimate of drug-likeness (QED) is 0.785. The summed E-state index contributed by atoms with van der Waals surface area (Å²) in [6, 6.07) is 9.64. The predicted octanol–water partition coefficient (Wildman–Crippen LogP) is 3.58. The van der Waals surface area contributed by atoms with E-state index < -0.39 is 5.97 Å². The Morgan fingerprint density at radius 3 is 2.52 bits per heavy atom. The van der Waals surface area contributed by atoms with E-state index in [4.69, 9.17) is 0 Å². The number of halogens is 1. The third-order valence-corrected chi connectivity index (χ3v) is 4.47. The molecule has 0 atom stereocenters. The van der Waals surface area contributed by atoms with Gasteiger partial charge in [0.1, 0.15) is 12.4 Å². The van der Waals surface area contributed by atoms with E-state index >= 15 is 0 Å². The lowest BCUT2D eigenvalue weighted by molar-refractivity contribution is -0.141. The first-order valence-electron chi connectivity index (χ1n) is 7.16. The van der Waals surface area contributed by atoms with Gasteiger partial charge in [-0.2, -0.15) is 0 Å². The van der Waals surface area contributed by atoms with E-state index in [1.54, 1.807) is 30.3 Å². The van der Waals surface area contributed by atoms with E-state index in [0.717, 1.165) is 0 Å². The number of hydrogen-bond donors (Lipinski definition) is 0. The minimum absolute atomic E-state index is 0.111. The van der Waals surface area contributed by atoms with E-state index in [9.17, 15) is 14.0 Å². The van der Waals surface area contributed by atoms with Crippen LogP contribution in [0.3, 0.4) is 0 Å². The SMILES string of the molecule is COC(=O)CN(C(=O)c1ccc(-c2ccccc2F)s1)C(C)C. The van der Waals surface area contributed by atoms with Gasteiger partial charge in [-0.15, -0.1) is 11.3 Å². The average molecular weight is 335 g/mol. The van der Waals surface area contributed by atoms with Gasteiger partial charge in [-0.05, 0) is 32.0 Å². The summed E-state index contributed by atoms with van der Waals surface area (Å²) in [6.45, 7) is 3.54. The van der Waals surface area contributed by atoms with E-state index in [1.807, 2.05) is 13.8 Å². The highest BCUT2D eigenvalue weighted by Crippen LogP contribution is 2.30. The van der Waals surface area contributed by atoms with Crippen LogP contribution in [0.4, 0.5) is 4.39 Å². The van der Waals surface area contributed by atoms with Crippen LogP contribution >= 0.6 is 11.3 Å². The summed E-state index contributed by atoms with van der Waals surface area (Å²) in [4.78, 5) is 26.6. The molecule has 23 heavy (non-hydrogen) atoms. The number of amides is 1. The second-order valence-electron chi connectivity index (χ2n) is 5.25. The number of nitrogens with zero attached hydrogens (tertiary/aromatic N) is 1. The van der Waals surface area contributed by atoms with Crippen molar-refractivity contribution in [2.24, 2.45) is 0 Å². The molecule has 1 heterocycles. The molecule has 2 rings (SSSR count). The molecule has 1 aromatic heterocycles. The number of rotatable bonds is 5. The fourth-order valence-corrected chi connectivity index (χ4v) is 3.08. The van der Waals surface area contributed by atoms with Crippen molar-refractivity contribution in [3.8, 4) is 10.4 Å². The fourth-order valence-electron chi connectivity index (χ4n) is 2.09. The first kappa shape index (κ1) is 17.1. The van der Waals surface area contributed by atoms with Crippen molar-refractivity contribution in [2.75, 3.05) is 13.7 Å². The van der Waals surface area contributed by atoms with Crippen LogP contribution in [-0.4, -0.2) is 36.5 Å². The summed E-state index contributed by atoms with van der Waals surface area (Å²) in [6.07, 6.45) is 0. The Morgan fingerprint density at radius 1 is 1.22 bits per heavy atom. The van der Waals surface area contributed by atoms with Gasteiger partial charge in [-0.25, -0.2) is 4.39 Å². The predicted molar refractivity (Wildman–Crippen MR) is 87.9 cm³/mol. The number of methoxy groups -OCH3 is 1. The van der Waals surface area contributed by atoms with Gasteiger partial charge < -0.3 is 9.64 Å². The van der Waals surface area contributed by atoms with Crippen LogP contribution in [0.1, 0.15) is 23.5 Å². The zero-order valence-corrected chi connectivity index (χ0v) is 14.0. The van der Waals surface area contributed by atoms with Crippen LogP contribution in [0.2, 0.25) is 0 Å². The van der Waals surface area contributed by atoms with Gasteiger partial charge in [-0.1, -0.05) is 18.2 Å². The highest BCUT2D eigenvalue weighted by Gasteiger charge is 2.23. The van der Waals surface area contributed by atoms with Gasteiger partial charge in [0, 0.05) is 16.5 Å². The molecule has 122 valence electrons. The minimum atomic E-state index is -0.474. The summed E-state index contributed by atoms with van der Waals surface area (Å²) in [7, 11) is 1.28. The Hall–Kier alpha value is -2.21. The summed E-state index contributed by atoms with van der Waals surface area (Å²) < 4.78 is 18.5. The molecule has 0 bridgehead atoms. The number of carbonyl (C=O) groups is 2. The molecule has 0 saturated carbocycles. The van der Waals surface area contributed by atoms with Crippen LogP contribution in [0.25, 0.3) is 10.4 Å². The summed E-state index contributed by atoms with van der Waals surface area (Å²) >= 11 is 1.21. The smallest absolute Gasteiger partial charge is 0.325 e. The minimum Gasteiger partial charge on any atom is -0.468 e. The lowest BCUT2D eigenvalue weighted by atomic mass is 10.2. The van der Waals surface area contributed by atoms with Crippen molar-refractivity contribution in [3.63, 3.8) is 0 Å². The van der Waals surface area contributed by atoms with E-state index in [-0.39, 0.29) is 24.3 Å². The number of esters is 1. The van der Waals surface area contributed by atoms with Gasteiger partial charge in [0.05, 0.1) is 12.0 Å². The maximum Gasteiger partial charge on any atom is 0.325 e. The standard InChI is InChI=1S/C17H18FNO3S/c1-11(2)19(10-16(20)22-3)17(21)15-9-8-14(23-15)12-6-4-5-7-13(12)18/h4-9,11H,10H2,1-3H3. The Balaban J connectivity index is 2.26. The second-order valence-corrected chi connectivity index (χ2v) is 6.33. The van der Waals surface area contributed by atoms with Gasteiger partial charge in [-0.3, -0.25) is 9.59 Å². The largest absolute Gasteiger partial charge is 0.468 e. The maximum absolute atomic E-state index is 13.8. The van der Waals surface area contributed by atoms with Crippen LogP contribution in [0, 0.1) is 5.82 Å². The van der Waals surface area contributed by atoms with Crippen LogP contribution in [0.15, 0.2) is 36.4 Å². The third kappa shape index (κ3) is 3.96. The molecule has 0 saturated heterocycles. The first-order valence-corrected chi connectivity index (χ1v) is 7.98. The highest BCUT2D eigenvalue weighted by atomic mass is 32.1. The molecule has 6 heteroatoms. The molecular weight excluding hydrogens is 317 g/mol. The van der Waals surface area contributed by atoms with E-state index in [1.165, 1.54) is 29.4 Å². The molecule has 0 radical (unpaired) electrons. The zero-order chi connectivity index (χ0) is 17.0. The first-order chi connectivity index (χ1) is 10.9. The zero-order valence-electron chi connectivity index (χ0n) is 13.2. The van der Waals surface area contributed by atoms with Crippen molar-refractivity contribution in [3.05, 3.63) is 47.1 Å². The van der Waals surface area contributed by atoms with Crippen molar-refractivity contribution in [2.45, 2.75) is 19.9 Å². The van der Waals surface area contributed by atoms with E-state index in [2.05, 4.69) is 4.74 Å². The van der Waals surface area contributed by atoms with Crippen LogP contribution in [-0.2, 0) is 9.53 Å². The molecular formula is C17H18FNO3S. The number of carbonyl (C=O) groups excluding carboxylic acids is 2. The van der Waals surface area contributed by atoms with Gasteiger partial charge in [0.25, 0.3) is 5.91 Å². The topological polar surface area (TPSA) is 46.6 Å². The lowest BCUT2D eigenvalue weighted by Gasteiger charge is -2.24. The molecule has 0 aliphatic heterocycles. The van der Waals surface area contributed by atoms with Gasteiger partial charge in [0.2, 0.25) is 0 Å². The van der Waals surface area contributed by atoms with Crippen LogP contribution < -0.4 is 0 Å². The Morgan fingerprint density at radius 2 is 1.91 bits per heavy atom. The van der Waals surface area contributed by atoms with Crippen molar-refractivity contribution in [1.29, 1.82) is 0 Å². The maximum atomic E-state index is 13.8. The Bertz CT molecular complexity index is 711. The van der Waals surface area contributed by atoms with Crippen molar-refractivity contribution in [1.82, 2.24) is 4.90 Å². The fraction of sp³-hybridized carbons (Fsp3) is 0.294. The molecule has 4 nitrogen and oxygen atoms in total. The molecule has 0 unspecified atom stereocenters. The molecule has 1 amide bonds. The lowest BCUT2D eigenvalue weighted by Crippen LogP contribution is -2.40. The number of ether oxygens (including phenoxy) is 1. The van der Waals surface area contributed by atoms with Gasteiger partial charge in [0.15, 0.2) is 0 Å². The Labute approximate surface area is 138 Å². The normalized spacial score (nSPS) is 10.7. The second kappa shape index (κ2) is 7.37. The van der Waals surface area contributed by atoms with Gasteiger partial charge >= 0.3 is 5.97 Å². The molecule has 0 N–H and O–H groups in total. The molecule has 0 aliphatic rings. The molecule has 0 spiro atoms. The number of hydrogen-bond acceptors (Lipinski definition) is 4. The monoisotopic (exact) mass is 335 g/mol.